The van der Waals surface area contributed by atoms with Gasteiger partial charge in [-0.2, -0.15) is 0 Å². The maximum absolute atomic E-state index is 12.9. The molecule has 1 amide bonds. The van der Waals surface area contributed by atoms with E-state index in [2.05, 4.69) is 5.32 Å². The van der Waals surface area contributed by atoms with Crippen molar-refractivity contribution in [2.45, 2.75) is 13.0 Å². The minimum atomic E-state index is -1.02. The first kappa shape index (κ1) is 19.1. The highest BCUT2D eigenvalue weighted by atomic mass is 19.1. The Morgan fingerprint density at radius 2 is 1.46 bits per heavy atom. The van der Waals surface area contributed by atoms with Crippen LogP contribution in [0.4, 0.5) is 10.1 Å². The average Bonchev–Trinajstić information content (AvgIpc) is 2.71. The summed E-state index contributed by atoms with van der Waals surface area (Å²) >= 11 is 0. The Hall–Kier alpha value is -3.67. The van der Waals surface area contributed by atoms with E-state index in [0.29, 0.717) is 22.7 Å². The predicted octanol–water partition coefficient (Wildman–Crippen LogP) is 4.80. The molecule has 28 heavy (non-hydrogen) atoms. The van der Waals surface area contributed by atoms with Crippen LogP contribution in [0.5, 0.6) is 11.5 Å². The number of carbonyl (C=O) groups is 2. The van der Waals surface area contributed by atoms with Crippen molar-refractivity contribution in [2.75, 3.05) is 5.32 Å². The Bertz CT molecular complexity index is 941. The number of carbonyl (C=O) groups excluding carboxylic acids is 2. The van der Waals surface area contributed by atoms with Crippen molar-refractivity contribution in [3.05, 3.63) is 90.2 Å². The number of esters is 1. The summed E-state index contributed by atoms with van der Waals surface area (Å²) in [6.45, 7) is 1.46. The van der Waals surface area contributed by atoms with Crippen molar-refractivity contribution in [2.24, 2.45) is 0 Å². The molecule has 3 aromatic carbocycles. The molecule has 0 saturated heterocycles. The largest absolute Gasteiger partial charge is 0.457 e. The number of amides is 1. The quantitative estimate of drug-likeness (QED) is 0.625. The van der Waals surface area contributed by atoms with E-state index in [0.717, 1.165) is 0 Å². The zero-order valence-corrected chi connectivity index (χ0v) is 15.1. The van der Waals surface area contributed by atoms with Gasteiger partial charge in [0.1, 0.15) is 17.3 Å². The second kappa shape index (κ2) is 8.81. The zero-order chi connectivity index (χ0) is 19.9. The molecule has 0 heterocycles. The molecule has 5 nitrogen and oxygen atoms in total. The van der Waals surface area contributed by atoms with E-state index in [4.69, 9.17) is 9.47 Å². The maximum atomic E-state index is 12.9. The van der Waals surface area contributed by atoms with Crippen LogP contribution in [0, 0.1) is 5.82 Å². The van der Waals surface area contributed by atoms with E-state index in [1.54, 1.807) is 24.3 Å². The van der Waals surface area contributed by atoms with E-state index < -0.39 is 23.8 Å². The molecule has 0 saturated carbocycles. The minimum absolute atomic E-state index is 0.293. The fourth-order valence-electron chi connectivity index (χ4n) is 2.34. The normalized spacial score (nSPS) is 11.4. The van der Waals surface area contributed by atoms with E-state index >= 15 is 0 Å². The van der Waals surface area contributed by atoms with Crippen LogP contribution in [0.25, 0.3) is 0 Å². The molecule has 0 aliphatic carbocycles. The van der Waals surface area contributed by atoms with Crippen LogP contribution in [0.3, 0.4) is 0 Å². The lowest BCUT2D eigenvalue weighted by Crippen LogP contribution is -2.30. The molecule has 0 aliphatic heterocycles. The Labute approximate surface area is 161 Å². The molecule has 3 aromatic rings. The number of hydrogen-bond acceptors (Lipinski definition) is 4. The van der Waals surface area contributed by atoms with Gasteiger partial charge in [-0.25, -0.2) is 9.18 Å². The van der Waals surface area contributed by atoms with Gasteiger partial charge in [-0.3, -0.25) is 4.79 Å². The van der Waals surface area contributed by atoms with Crippen molar-refractivity contribution in [1.82, 2.24) is 0 Å². The molecule has 0 aromatic heterocycles. The monoisotopic (exact) mass is 379 g/mol. The van der Waals surface area contributed by atoms with Gasteiger partial charge in [0.2, 0.25) is 0 Å². The molecular weight excluding hydrogens is 361 g/mol. The fraction of sp³-hybridized carbons (Fsp3) is 0.0909. The first-order valence-corrected chi connectivity index (χ1v) is 8.61. The van der Waals surface area contributed by atoms with Gasteiger partial charge in [0.25, 0.3) is 5.91 Å². The van der Waals surface area contributed by atoms with Gasteiger partial charge in [0.05, 0.1) is 5.56 Å². The minimum Gasteiger partial charge on any atom is -0.457 e. The highest BCUT2D eigenvalue weighted by molar-refractivity contribution is 5.97. The summed E-state index contributed by atoms with van der Waals surface area (Å²) in [4.78, 5) is 24.4. The van der Waals surface area contributed by atoms with Crippen molar-refractivity contribution in [3.63, 3.8) is 0 Å². The number of benzene rings is 3. The van der Waals surface area contributed by atoms with Crippen LogP contribution in [0.15, 0.2) is 78.9 Å². The third-order valence-electron chi connectivity index (χ3n) is 3.83. The molecular formula is C22H18FNO4. The highest BCUT2D eigenvalue weighted by Gasteiger charge is 2.19. The van der Waals surface area contributed by atoms with Gasteiger partial charge in [0.15, 0.2) is 6.10 Å². The second-order valence-electron chi connectivity index (χ2n) is 5.98. The number of halogens is 1. The van der Waals surface area contributed by atoms with E-state index in [-0.39, 0.29) is 0 Å². The Morgan fingerprint density at radius 1 is 0.857 bits per heavy atom. The molecule has 0 aliphatic rings. The molecule has 0 fully saturated rings. The van der Waals surface area contributed by atoms with Gasteiger partial charge in [0, 0.05) is 5.69 Å². The lowest BCUT2D eigenvalue weighted by molar-refractivity contribution is -0.123. The molecule has 0 bridgehead atoms. The van der Waals surface area contributed by atoms with Crippen LogP contribution < -0.4 is 10.1 Å². The van der Waals surface area contributed by atoms with Crippen LogP contribution in [-0.4, -0.2) is 18.0 Å². The number of para-hydroxylation sites is 1. The molecule has 0 spiro atoms. The Balaban J connectivity index is 1.56. The third-order valence-corrected chi connectivity index (χ3v) is 3.83. The summed E-state index contributed by atoms with van der Waals surface area (Å²) in [7, 11) is 0. The molecule has 1 N–H and O–H groups in total. The lowest BCUT2D eigenvalue weighted by Gasteiger charge is -2.14. The molecule has 3 rings (SSSR count). The fourth-order valence-corrected chi connectivity index (χ4v) is 2.34. The number of nitrogens with one attached hydrogen (secondary N) is 1. The summed E-state index contributed by atoms with van der Waals surface area (Å²) in [5.74, 6) is -0.289. The van der Waals surface area contributed by atoms with Crippen molar-refractivity contribution in [3.8, 4) is 11.5 Å². The lowest BCUT2D eigenvalue weighted by atomic mass is 10.2. The second-order valence-corrected chi connectivity index (χ2v) is 5.98. The van der Waals surface area contributed by atoms with Gasteiger partial charge in [-0.05, 0) is 67.6 Å². The van der Waals surface area contributed by atoms with Crippen LogP contribution in [-0.2, 0) is 9.53 Å². The molecule has 1 atom stereocenters. The summed E-state index contributed by atoms with van der Waals surface area (Å²) in [5.41, 5.74) is 0.707. The summed E-state index contributed by atoms with van der Waals surface area (Å²) < 4.78 is 23.8. The number of anilines is 1. The average molecular weight is 379 g/mol. The van der Waals surface area contributed by atoms with Gasteiger partial charge in [-0.1, -0.05) is 18.2 Å². The summed E-state index contributed by atoms with van der Waals surface area (Å²) in [5, 5.41) is 2.56. The SMILES string of the molecule is C[C@@H](OC(=O)c1ccc(Oc2ccccc2)cc1)C(=O)Nc1ccc(F)cc1. The standard InChI is InChI=1S/C22H18FNO4/c1-15(21(25)24-18-11-9-17(23)10-12-18)27-22(26)16-7-13-20(14-8-16)28-19-5-3-2-4-6-19/h2-15H,1H3,(H,24,25)/t15-/m1/s1. The zero-order valence-electron chi connectivity index (χ0n) is 15.1. The van der Waals surface area contributed by atoms with Crippen LogP contribution >= 0.6 is 0 Å². The molecule has 142 valence electrons. The van der Waals surface area contributed by atoms with E-state index in [9.17, 15) is 14.0 Å². The van der Waals surface area contributed by atoms with Crippen molar-refractivity contribution >= 4 is 17.6 Å². The Morgan fingerprint density at radius 3 is 2.11 bits per heavy atom. The van der Waals surface area contributed by atoms with Gasteiger partial charge in [-0.15, -0.1) is 0 Å². The number of rotatable bonds is 6. The molecule has 6 heteroatoms. The predicted molar refractivity (Wildman–Crippen MR) is 103 cm³/mol. The molecule has 0 radical (unpaired) electrons. The first-order valence-electron chi connectivity index (χ1n) is 8.61. The van der Waals surface area contributed by atoms with Gasteiger partial charge >= 0.3 is 5.97 Å². The number of ether oxygens (including phenoxy) is 2. The van der Waals surface area contributed by atoms with Crippen molar-refractivity contribution < 1.29 is 23.5 Å². The van der Waals surface area contributed by atoms with E-state index in [1.165, 1.54) is 31.2 Å². The molecule has 0 unspecified atom stereocenters. The van der Waals surface area contributed by atoms with Crippen LogP contribution in [0.1, 0.15) is 17.3 Å². The third kappa shape index (κ3) is 5.17. The summed E-state index contributed by atoms with van der Waals surface area (Å²) in [6, 6.07) is 21.0. The van der Waals surface area contributed by atoms with Crippen molar-refractivity contribution in [1.29, 1.82) is 0 Å². The maximum Gasteiger partial charge on any atom is 0.338 e. The topological polar surface area (TPSA) is 64.6 Å². The number of hydrogen-bond donors (Lipinski definition) is 1. The first-order chi connectivity index (χ1) is 13.5. The van der Waals surface area contributed by atoms with E-state index in [1.807, 2.05) is 30.3 Å². The summed E-state index contributed by atoms with van der Waals surface area (Å²) in [6.07, 6.45) is -1.02. The Kier molecular flexibility index (Phi) is 6.01. The van der Waals surface area contributed by atoms with Gasteiger partial charge < -0.3 is 14.8 Å². The van der Waals surface area contributed by atoms with Crippen LogP contribution in [0.2, 0.25) is 0 Å². The smallest absolute Gasteiger partial charge is 0.338 e. The highest BCUT2D eigenvalue weighted by Crippen LogP contribution is 2.21.